The fraction of sp³-hybridized carbons (Fsp3) is 0.467. The number of ether oxygens (including phenoxy) is 1. The van der Waals surface area contributed by atoms with Crippen LogP contribution in [0.4, 0.5) is 0 Å². The topological polar surface area (TPSA) is 50.1 Å². The molecular formula is C15H17NO2. The molecule has 0 amide bonds. The highest BCUT2D eigenvalue weighted by Gasteiger charge is 2.33. The number of aryl methyl sites for hydroxylation is 1. The molecule has 1 aliphatic heterocycles. The van der Waals surface area contributed by atoms with E-state index < -0.39 is 5.92 Å². The first-order chi connectivity index (χ1) is 8.61. The molecule has 2 rings (SSSR count). The average Bonchev–Trinajstić information content (AvgIpc) is 2.79. The summed E-state index contributed by atoms with van der Waals surface area (Å²) in [4.78, 5) is 12.3. The first-order valence-corrected chi connectivity index (χ1v) is 6.23. The molecule has 0 bridgehead atoms. The van der Waals surface area contributed by atoms with Crippen LogP contribution in [0, 0.1) is 24.2 Å². The third-order valence-corrected chi connectivity index (χ3v) is 3.43. The first-order valence-electron chi connectivity index (χ1n) is 6.23. The molecule has 3 nitrogen and oxygen atoms in total. The summed E-state index contributed by atoms with van der Waals surface area (Å²) in [6.07, 6.45) is 0.847. The summed E-state index contributed by atoms with van der Waals surface area (Å²) in [6, 6.07) is 9.71. The number of carbonyl (C=O) groups excluding carboxylic acids is 1. The Morgan fingerprint density at radius 3 is 2.61 bits per heavy atom. The molecule has 1 fully saturated rings. The van der Waals surface area contributed by atoms with Crippen LogP contribution in [0.3, 0.4) is 0 Å². The second kappa shape index (κ2) is 5.32. The summed E-state index contributed by atoms with van der Waals surface area (Å²) in [5.41, 5.74) is 1.91. The first kappa shape index (κ1) is 12.8. The van der Waals surface area contributed by atoms with Gasteiger partial charge in [-0.05, 0) is 25.8 Å². The van der Waals surface area contributed by atoms with Gasteiger partial charge in [-0.2, -0.15) is 5.26 Å². The highest BCUT2D eigenvalue weighted by molar-refractivity contribution is 5.90. The Labute approximate surface area is 107 Å². The summed E-state index contributed by atoms with van der Waals surface area (Å²) in [5.74, 6) is -0.804. The van der Waals surface area contributed by atoms with Gasteiger partial charge < -0.3 is 4.74 Å². The smallest absolute Gasteiger partial charge is 0.159 e. The van der Waals surface area contributed by atoms with Gasteiger partial charge in [-0.15, -0.1) is 0 Å². The molecular weight excluding hydrogens is 226 g/mol. The maximum Gasteiger partial charge on any atom is 0.159 e. The van der Waals surface area contributed by atoms with Crippen molar-refractivity contribution in [3.63, 3.8) is 0 Å². The fourth-order valence-corrected chi connectivity index (χ4v) is 2.31. The van der Waals surface area contributed by atoms with Crippen molar-refractivity contribution < 1.29 is 9.53 Å². The van der Waals surface area contributed by atoms with Gasteiger partial charge >= 0.3 is 0 Å². The highest BCUT2D eigenvalue weighted by atomic mass is 16.5. The average molecular weight is 243 g/mol. The monoisotopic (exact) mass is 243 g/mol. The van der Waals surface area contributed by atoms with Crippen molar-refractivity contribution in [3.05, 3.63) is 35.4 Å². The number of ketones is 1. The molecule has 0 N–H and O–H groups in total. The van der Waals surface area contributed by atoms with Crippen molar-refractivity contribution in [2.45, 2.75) is 32.3 Å². The van der Waals surface area contributed by atoms with Crippen molar-refractivity contribution >= 4 is 5.78 Å². The van der Waals surface area contributed by atoms with Crippen molar-refractivity contribution in [1.82, 2.24) is 0 Å². The Morgan fingerprint density at radius 1 is 1.44 bits per heavy atom. The normalized spacial score (nSPS) is 24.5. The molecule has 0 radical (unpaired) electrons. The van der Waals surface area contributed by atoms with Gasteiger partial charge in [0.15, 0.2) is 5.78 Å². The Kier molecular flexibility index (Phi) is 3.78. The van der Waals surface area contributed by atoms with Gasteiger partial charge in [-0.25, -0.2) is 0 Å². The number of hydrogen-bond donors (Lipinski definition) is 0. The van der Waals surface area contributed by atoms with Gasteiger partial charge in [0.05, 0.1) is 18.8 Å². The van der Waals surface area contributed by atoms with Crippen molar-refractivity contribution in [3.8, 4) is 6.07 Å². The minimum Gasteiger partial charge on any atom is -0.378 e. The third kappa shape index (κ3) is 2.60. The van der Waals surface area contributed by atoms with E-state index in [2.05, 4.69) is 6.07 Å². The summed E-state index contributed by atoms with van der Waals surface area (Å²) >= 11 is 0. The molecule has 1 heterocycles. The lowest BCUT2D eigenvalue weighted by molar-refractivity contribution is -0.123. The molecule has 0 saturated carbocycles. The van der Waals surface area contributed by atoms with Crippen molar-refractivity contribution in [2.24, 2.45) is 5.92 Å². The van der Waals surface area contributed by atoms with E-state index in [4.69, 9.17) is 4.74 Å². The van der Waals surface area contributed by atoms with E-state index in [9.17, 15) is 10.1 Å². The molecule has 18 heavy (non-hydrogen) atoms. The standard InChI is InChI=1S/C15H17NO2/c1-10-3-5-12(6-4-10)14(8-16)15(17)13-7-11(2)18-9-13/h3-6,11,13-14H,7,9H2,1-2H3. The van der Waals surface area contributed by atoms with Gasteiger partial charge in [-0.3, -0.25) is 4.79 Å². The zero-order chi connectivity index (χ0) is 13.1. The molecule has 3 heteroatoms. The quantitative estimate of drug-likeness (QED) is 0.819. The van der Waals surface area contributed by atoms with Gasteiger partial charge in [0, 0.05) is 5.92 Å². The Morgan fingerprint density at radius 2 is 2.11 bits per heavy atom. The Hall–Kier alpha value is -1.66. The molecule has 3 atom stereocenters. The lowest BCUT2D eigenvalue weighted by Gasteiger charge is -2.12. The van der Waals surface area contributed by atoms with Crippen LogP contribution in [0.5, 0.6) is 0 Å². The number of carbonyl (C=O) groups is 1. The summed E-state index contributed by atoms with van der Waals surface area (Å²) < 4.78 is 5.41. The number of nitrogens with zero attached hydrogens (tertiary/aromatic N) is 1. The lowest BCUT2D eigenvalue weighted by atomic mass is 9.87. The lowest BCUT2D eigenvalue weighted by Crippen LogP contribution is -2.21. The summed E-state index contributed by atoms with van der Waals surface area (Å²) in [7, 11) is 0. The SMILES string of the molecule is Cc1ccc(C(C#N)C(=O)C2COC(C)C2)cc1. The minimum absolute atomic E-state index is 0.00861. The minimum atomic E-state index is -0.663. The predicted molar refractivity (Wildman–Crippen MR) is 68.1 cm³/mol. The Bertz CT molecular complexity index is 472. The van der Waals surface area contributed by atoms with E-state index in [-0.39, 0.29) is 17.8 Å². The molecule has 1 saturated heterocycles. The number of rotatable bonds is 3. The molecule has 1 aromatic rings. The van der Waals surface area contributed by atoms with E-state index in [1.54, 1.807) is 0 Å². The van der Waals surface area contributed by atoms with Crippen molar-refractivity contribution in [1.29, 1.82) is 5.26 Å². The maximum atomic E-state index is 12.3. The van der Waals surface area contributed by atoms with E-state index >= 15 is 0 Å². The van der Waals surface area contributed by atoms with Gasteiger partial charge in [0.2, 0.25) is 0 Å². The van der Waals surface area contributed by atoms with Crippen LogP contribution in [0.25, 0.3) is 0 Å². The maximum absolute atomic E-state index is 12.3. The largest absolute Gasteiger partial charge is 0.378 e. The molecule has 3 unspecified atom stereocenters. The van der Waals surface area contributed by atoms with Crippen LogP contribution >= 0.6 is 0 Å². The van der Waals surface area contributed by atoms with Gasteiger partial charge in [0.1, 0.15) is 5.92 Å². The summed E-state index contributed by atoms with van der Waals surface area (Å²) in [5, 5.41) is 9.23. The molecule has 1 aromatic carbocycles. The fourth-order valence-electron chi connectivity index (χ4n) is 2.31. The van der Waals surface area contributed by atoms with Crippen LogP contribution in [0.1, 0.15) is 30.4 Å². The van der Waals surface area contributed by atoms with Crippen LogP contribution in [0.15, 0.2) is 24.3 Å². The number of benzene rings is 1. The third-order valence-electron chi connectivity index (χ3n) is 3.43. The highest BCUT2D eigenvalue weighted by Crippen LogP contribution is 2.27. The molecule has 1 aliphatic rings. The van der Waals surface area contributed by atoms with Crippen LogP contribution in [-0.4, -0.2) is 18.5 Å². The number of Topliss-reactive ketones (excluding diaryl/α,β-unsaturated/α-hetero) is 1. The predicted octanol–water partition coefficient (Wildman–Crippen LogP) is 2.60. The van der Waals surface area contributed by atoms with E-state index in [1.165, 1.54) is 0 Å². The van der Waals surface area contributed by atoms with Crippen LogP contribution < -0.4 is 0 Å². The van der Waals surface area contributed by atoms with Gasteiger partial charge in [0.25, 0.3) is 0 Å². The van der Waals surface area contributed by atoms with E-state index in [0.717, 1.165) is 17.5 Å². The second-order valence-electron chi connectivity index (χ2n) is 4.95. The molecule has 0 aromatic heterocycles. The molecule has 94 valence electrons. The van der Waals surface area contributed by atoms with Crippen LogP contribution in [-0.2, 0) is 9.53 Å². The van der Waals surface area contributed by atoms with Crippen LogP contribution in [0.2, 0.25) is 0 Å². The van der Waals surface area contributed by atoms with Crippen molar-refractivity contribution in [2.75, 3.05) is 6.61 Å². The summed E-state index contributed by atoms with van der Waals surface area (Å²) in [6.45, 7) is 4.39. The Balaban J connectivity index is 2.16. The molecule has 0 spiro atoms. The van der Waals surface area contributed by atoms with Gasteiger partial charge in [-0.1, -0.05) is 29.8 Å². The zero-order valence-corrected chi connectivity index (χ0v) is 10.7. The number of hydrogen-bond acceptors (Lipinski definition) is 3. The second-order valence-corrected chi connectivity index (χ2v) is 4.95. The zero-order valence-electron chi connectivity index (χ0n) is 10.7. The van der Waals surface area contributed by atoms with E-state index in [0.29, 0.717) is 6.61 Å². The van der Waals surface area contributed by atoms with E-state index in [1.807, 2.05) is 38.1 Å². The number of nitriles is 1. The molecule has 0 aliphatic carbocycles.